The van der Waals surface area contributed by atoms with Crippen LogP contribution < -0.4 is 5.14 Å². The van der Waals surface area contributed by atoms with Crippen molar-refractivity contribution in [3.63, 3.8) is 0 Å². The molecule has 7 heteroatoms. The Hall–Kier alpha value is -0.330. The largest absolute Gasteiger partial charge is 0.381 e. The molecular weight excluding hydrogens is 309 g/mol. The summed E-state index contributed by atoms with van der Waals surface area (Å²) in [5, 5.41) is 5.66. The number of sulfonamides is 1. The van der Waals surface area contributed by atoms with Crippen molar-refractivity contribution in [3.05, 3.63) is 33.8 Å². The summed E-state index contributed by atoms with van der Waals surface area (Å²) in [4.78, 5) is 0. The Morgan fingerprint density at radius 1 is 1.32 bits per heavy atom. The number of benzene rings is 1. The zero-order valence-electron chi connectivity index (χ0n) is 10.2. The van der Waals surface area contributed by atoms with Gasteiger partial charge in [-0.3, -0.25) is 0 Å². The molecule has 0 bridgehead atoms. The normalized spacial score (nSPS) is 24.4. The monoisotopic (exact) mass is 323 g/mol. The van der Waals surface area contributed by atoms with E-state index < -0.39 is 15.3 Å². The first-order valence-electron chi connectivity index (χ1n) is 5.91. The highest BCUT2D eigenvalue weighted by Gasteiger charge is 2.34. The summed E-state index contributed by atoms with van der Waals surface area (Å²) in [5.41, 5.74) is 0.929. The maximum Gasteiger partial charge on any atom is 0.212 e. The van der Waals surface area contributed by atoms with Gasteiger partial charge in [0.05, 0.1) is 21.9 Å². The Morgan fingerprint density at radius 2 is 2.05 bits per heavy atom. The van der Waals surface area contributed by atoms with Crippen molar-refractivity contribution < 1.29 is 13.2 Å². The molecule has 1 aromatic carbocycles. The van der Waals surface area contributed by atoms with Gasteiger partial charge in [0, 0.05) is 12.5 Å². The van der Waals surface area contributed by atoms with Crippen molar-refractivity contribution in [3.8, 4) is 0 Å². The van der Waals surface area contributed by atoms with Crippen molar-refractivity contribution in [1.82, 2.24) is 0 Å². The maximum absolute atomic E-state index is 11.6. The molecule has 0 saturated carbocycles. The first-order chi connectivity index (χ1) is 8.88. The quantitative estimate of drug-likeness (QED) is 0.927. The second-order valence-electron chi connectivity index (χ2n) is 4.70. The lowest BCUT2D eigenvalue weighted by Gasteiger charge is -2.30. The van der Waals surface area contributed by atoms with E-state index in [1.54, 1.807) is 12.1 Å². The molecule has 1 aliphatic rings. The molecule has 0 unspecified atom stereocenters. The summed E-state index contributed by atoms with van der Waals surface area (Å²) in [6.07, 6.45) is 0.989. The third kappa shape index (κ3) is 3.83. The summed E-state index contributed by atoms with van der Waals surface area (Å²) in [6, 6.07) is 5.29. The fourth-order valence-corrected chi connectivity index (χ4v) is 3.83. The van der Waals surface area contributed by atoms with Gasteiger partial charge in [-0.05, 0) is 30.5 Å². The Balaban J connectivity index is 2.17. The van der Waals surface area contributed by atoms with Gasteiger partial charge >= 0.3 is 0 Å². The van der Waals surface area contributed by atoms with Crippen LogP contribution in [0.5, 0.6) is 0 Å². The first kappa shape index (κ1) is 15.1. The van der Waals surface area contributed by atoms with Crippen molar-refractivity contribution in [2.24, 2.45) is 11.1 Å². The minimum Gasteiger partial charge on any atom is -0.381 e. The fraction of sp³-hybridized carbons (Fsp3) is 0.500. The lowest BCUT2D eigenvalue weighted by molar-refractivity contribution is 0.0572. The second-order valence-corrected chi connectivity index (χ2v) is 7.30. The Kier molecular flexibility index (Phi) is 4.74. The molecule has 2 rings (SSSR count). The van der Waals surface area contributed by atoms with Crippen molar-refractivity contribution in [2.45, 2.75) is 18.1 Å². The highest BCUT2D eigenvalue weighted by Crippen LogP contribution is 2.27. The van der Waals surface area contributed by atoms with E-state index >= 15 is 0 Å². The van der Waals surface area contributed by atoms with Gasteiger partial charge in [0.25, 0.3) is 0 Å². The van der Waals surface area contributed by atoms with Crippen LogP contribution in [-0.4, -0.2) is 26.9 Å². The number of halogens is 2. The number of rotatable bonds is 3. The number of ether oxygens (including phenoxy) is 1. The van der Waals surface area contributed by atoms with Crippen LogP contribution in [0.4, 0.5) is 0 Å². The number of primary sulfonamides is 1. The first-order valence-corrected chi connectivity index (χ1v) is 8.28. The van der Waals surface area contributed by atoms with Crippen LogP contribution in [0.15, 0.2) is 18.2 Å². The van der Waals surface area contributed by atoms with Crippen LogP contribution in [0.1, 0.15) is 12.0 Å². The van der Waals surface area contributed by atoms with Gasteiger partial charge in [0.2, 0.25) is 10.0 Å². The minimum absolute atomic E-state index is 0.152. The molecule has 0 amide bonds. The minimum atomic E-state index is -3.55. The molecule has 1 aromatic rings. The van der Waals surface area contributed by atoms with Crippen LogP contribution in [0, 0.1) is 5.92 Å². The van der Waals surface area contributed by atoms with Crippen LogP contribution in [0.25, 0.3) is 0 Å². The second kappa shape index (κ2) is 5.97. The molecule has 2 atom stereocenters. The molecule has 1 heterocycles. The van der Waals surface area contributed by atoms with E-state index in [2.05, 4.69) is 0 Å². The van der Waals surface area contributed by atoms with Gasteiger partial charge in [0.15, 0.2) is 0 Å². The lowest BCUT2D eigenvalue weighted by Crippen LogP contribution is -2.42. The predicted octanol–water partition coefficient (Wildman–Crippen LogP) is 2.23. The van der Waals surface area contributed by atoms with Crippen molar-refractivity contribution >= 4 is 33.2 Å². The summed E-state index contributed by atoms with van der Waals surface area (Å²) in [7, 11) is -3.55. The van der Waals surface area contributed by atoms with Crippen LogP contribution >= 0.6 is 23.2 Å². The van der Waals surface area contributed by atoms with Gasteiger partial charge in [-0.25, -0.2) is 13.6 Å². The standard InChI is InChI=1S/C12H15Cl2NO3S/c13-10-2-1-8(6-11(10)14)5-9-7-18-4-3-12(9)19(15,16)17/h1-2,6,9,12H,3-5,7H2,(H2,15,16,17)/t9-,12+/m1/s1. The van der Waals surface area contributed by atoms with Crippen LogP contribution in [0.3, 0.4) is 0 Å². The molecule has 2 N–H and O–H groups in total. The molecule has 1 fully saturated rings. The van der Waals surface area contributed by atoms with E-state index in [0.717, 1.165) is 5.56 Å². The van der Waals surface area contributed by atoms with Crippen LogP contribution in [-0.2, 0) is 21.2 Å². The third-order valence-corrected chi connectivity index (χ3v) is 5.51. The SMILES string of the molecule is NS(=O)(=O)[C@H]1CCOC[C@H]1Cc1ccc(Cl)c(Cl)c1. The molecule has 1 saturated heterocycles. The van der Waals surface area contributed by atoms with E-state index in [1.165, 1.54) is 0 Å². The summed E-state index contributed by atoms with van der Waals surface area (Å²) >= 11 is 11.8. The van der Waals surface area contributed by atoms with Crippen molar-refractivity contribution in [1.29, 1.82) is 0 Å². The van der Waals surface area contributed by atoms with E-state index in [1.807, 2.05) is 6.07 Å². The van der Waals surface area contributed by atoms with E-state index in [0.29, 0.717) is 36.1 Å². The molecule has 0 aliphatic carbocycles. The van der Waals surface area contributed by atoms with Gasteiger partial charge in [-0.2, -0.15) is 0 Å². The van der Waals surface area contributed by atoms with Crippen molar-refractivity contribution in [2.75, 3.05) is 13.2 Å². The number of hydrogen-bond donors (Lipinski definition) is 1. The molecule has 0 aromatic heterocycles. The van der Waals surface area contributed by atoms with E-state index in [4.69, 9.17) is 33.1 Å². The average molecular weight is 324 g/mol. The molecular formula is C12H15Cl2NO3S. The molecule has 0 radical (unpaired) electrons. The fourth-order valence-electron chi connectivity index (χ4n) is 2.37. The van der Waals surface area contributed by atoms with E-state index in [9.17, 15) is 8.42 Å². The average Bonchev–Trinajstić information content (AvgIpc) is 2.33. The maximum atomic E-state index is 11.6. The van der Waals surface area contributed by atoms with Crippen LogP contribution in [0.2, 0.25) is 10.0 Å². The lowest BCUT2D eigenvalue weighted by atomic mass is 9.93. The molecule has 0 spiro atoms. The Labute approximate surface area is 122 Å². The molecule has 4 nitrogen and oxygen atoms in total. The van der Waals surface area contributed by atoms with Gasteiger partial charge in [-0.15, -0.1) is 0 Å². The van der Waals surface area contributed by atoms with E-state index in [-0.39, 0.29) is 5.92 Å². The Bertz CT molecular complexity index is 562. The zero-order valence-corrected chi connectivity index (χ0v) is 12.5. The zero-order chi connectivity index (χ0) is 14.0. The number of nitrogens with two attached hydrogens (primary N) is 1. The molecule has 1 aliphatic heterocycles. The van der Waals surface area contributed by atoms with Gasteiger partial charge in [0.1, 0.15) is 0 Å². The molecule has 106 valence electrons. The summed E-state index contributed by atoms with van der Waals surface area (Å²) in [6.45, 7) is 0.820. The van der Waals surface area contributed by atoms with Gasteiger partial charge in [-0.1, -0.05) is 29.3 Å². The van der Waals surface area contributed by atoms with Gasteiger partial charge < -0.3 is 4.74 Å². The summed E-state index contributed by atoms with van der Waals surface area (Å²) < 4.78 is 28.5. The third-order valence-electron chi connectivity index (χ3n) is 3.31. The topological polar surface area (TPSA) is 69.4 Å². The smallest absolute Gasteiger partial charge is 0.212 e. The molecule has 19 heavy (non-hydrogen) atoms. The Morgan fingerprint density at radius 3 is 2.68 bits per heavy atom. The number of hydrogen-bond acceptors (Lipinski definition) is 3. The highest BCUT2D eigenvalue weighted by atomic mass is 35.5. The summed E-state index contributed by atoms with van der Waals surface area (Å²) in [5.74, 6) is -0.152. The highest BCUT2D eigenvalue weighted by molar-refractivity contribution is 7.89. The predicted molar refractivity (Wildman–Crippen MR) is 76.0 cm³/mol.